The lowest BCUT2D eigenvalue weighted by molar-refractivity contribution is -0.137. The molecule has 1 N–H and O–H groups in total. The van der Waals surface area contributed by atoms with E-state index < -0.39 is 12.1 Å². The van der Waals surface area contributed by atoms with E-state index in [9.17, 15) is 4.79 Å². The fraction of sp³-hybridized carbons (Fsp3) is 0.286. The molecule has 7 nitrogen and oxygen atoms in total. The van der Waals surface area contributed by atoms with Crippen LogP contribution in [0.15, 0.2) is 48.7 Å². The van der Waals surface area contributed by atoms with E-state index in [-0.39, 0.29) is 18.2 Å². The molecule has 1 aliphatic heterocycles. The van der Waals surface area contributed by atoms with Gasteiger partial charge in [0, 0.05) is 41.1 Å². The molecule has 0 saturated carbocycles. The van der Waals surface area contributed by atoms with Crippen molar-refractivity contribution in [3.05, 3.63) is 76.7 Å². The molecule has 0 radical (unpaired) electrons. The van der Waals surface area contributed by atoms with Crippen molar-refractivity contribution in [3.8, 4) is 23.0 Å². The normalized spacial score (nSPS) is 18.1. The minimum atomic E-state index is -0.858. The van der Waals surface area contributed by atoms with Crippen LogP contribution in [0, 0.1) is 12.7 Å². The Bertz CT molecular complexity index is 1510. The minimum Gasteiger partial charge on any atom is -0.492 e. The maximum atomic E-state index is 15.0. The van der Waals surface area contributed by atoms with Crippen LogP contribution in [-0.4, -0.2) is 27.5 Å². The topological polar surface area (TPSA) is 82.8 Å². The maximum Gasteiger partial charge on any atom is 0.304 e. The van der Waals surface area contributed by atoms with Crippen LogP contribution in [0.1, 0.15) is 47.1 Å². The summed E-state index contributed by atoms with van der Waals surface area (Å²) in [4.78, 5) is 11.1. The quantitative estimate of drug-likeness (QED) is 0.368. The smallest absolute Gasteiger partial charge is 0.304 e. The number of aryl methyl sites for hydroxylation is 2. The van der Waals surface area contributed by atoms with Crippen molar-refractivity contribution in [2.75, 3.05) is 6.61 Å². The molecule has 0 saturated heterocycles. The van der Waals surface area contributed by atoms with Gasteiger partial charge in [0.25, 0.3) is 0 Å². The predicted molar refractivity (Wildman–Crippen MR) is 131 cm³/mol. The van der Waals surface area contributed by atoms with Gasteiger partial charge in [-0.3, -0.25) is 9.48 Å². The van der Waals surface area contributed by atoms with Gasteiger partial charge in [-0.15, -0.1) is 0 Å². The molecule has 0 fully saturated rings. The van der Waals surface area contributed by atoms with Crippen LogP contribution in [0.3, 0.4) is 0 Å². The summed E-state index contributed by atoms with van der Waals surface area (Å²) in [5, 5.41) is 14.4. The third-order valence-corrected chi connectivity index (χ3v) is 7.07. The molecule has 1 aromatic heterocycles. The number of fused-ring (bicyclic) bond motifs is 3. The number of aliphatic carboxylic acids is 1. The zero-order chi connectivity index (χ0) is 25.0. The Morgan fingerprint density at radius 3 is 2.92 bits per heavy atom. The van der Waals surface area contributed by atoms with Crippen LogP contribution >= 0.6 is 0 Å². The Hall–Kier alpha value is -4.07. The van der Waals surface area contributed by atoms with E-state index in [0.717, 1.165) is 27.6 Å². The number of halogens is 1. The minimum absolute atomic E-state index is 0.0182. The van der Waals surface area contributed by atoms with E-state index in [1.165, 1.54) is 6.07 Å². The highest BCUT2D eigenvalue weighted by atomic mass is 19.1. The zero-order valence-corrected chi connectivity index (χ0v) is 20.0. The van der Waals surface area contributed by atoms with Gasteiger partial charge in [0.1, 0.15) is 34.9 Å². The van der Waals surface area contributed by atoms with E-state index in [1.54, 1.807) is 24.4 Å². The van der Waals surface area contributed by atoms with E-state index in [1.807, 2.05) is 36.9 Å². The number of hydrogen-bond donors (Lipinski definition) is 1. The molecule has 1 aliphatic carbocycles. The number of aromatic nitrogens is 2. The summed E-state index contributed by atoms with van der Waals surface area (Å²) in [6, 6.07) is 12.5. The third-order valence-electron chi connectivity index (χ3n) is 7.07. The number of benzene rings is 3. The predicted octanol–water partition coefficient (Wildman–Crippen LogP) is 5.83. The summed E-state index contributed by atoms with van der Waals surface area (Å²) in [5.74, 6) is 1.16. The molecule has 36 heavy (non-hydrogen) atoms. The Balaban J connectivity index is 1.26. The molecule has 184 valence electrons. The van der Waals surface area contributed by atoms with Gasteiger partial charge < -0.3 is 19.3 Å². The molecule has 3 aromatic carbocycles. The summed E-state index contributed by atoms with van der Waals surface area (Å²) in [6.07, 6.45) is 2.60. The number of rotatable bonds is 6. The Morgan fingerprint density at radius 2 is 2.08 bits per heavy atom. The van der Waals surface area contributed by atoms with Crippen molar-refractivity contribution in [1.29, 1.82) is 0 Å². The van der Waals surface area contributed by atoms with Crippen molar-refractivity contribution < 1.29 is 28.5 Å². The molecule has 0 amide bonds. The van der Waals surface area contributed by atoms with Gasteiger partial charge in [0.15, 0.2) is 0 Å². The monoisotopic (exact) mass is 488 g/mol. The number of hydrogen-bond acceptors (Lipinski definition) is 5. The van der Waals surface area contributed by atoms with Gasteiger partial charge in [0.2, 0.25) is 0 Å². The van der Waals surface area contributed by atoms with Crippen molar-refractivity contribution in [2.45, 2.75) is 38.2 Å². The van der Waals surface area contributed by atoms with Gasteiger partial charge in [0.05, 0.1) is 24.7 Å². The number of ether oxygens (including phenoxy) is 3. The number of carbonyl (C=O) groups is 1. The van der Waals surface area contributed by atoms with Gasteiger partial charge in [-0.05, 0) is 55.7 Å². The van der Waals surface area contributed by atoms with Gasteiger partial charge in [-0.2, -0.15) is 5.10 Å². The van der Waals surface area contributed by atoms with E-state index in [4.69, 9.17) is 19.3 Å². The van der Waals surface area contributed by atoms with Crippen molar-refractivity contribution in [2.24, 2.45) is 7.05 Å². The largest absolute Gasteiger partial charge is 0.492 e. The maximum absolute atomic E-state index is 15.0. The first-order chi connectivity index (χ1) is 17.4. The number of carboxylic acid groups (broad SMARTS) is 1. The highest BCUT2D eigenvalue weighted by Gasteiger charge is 2.32. The van der Waals surface area contributed by atoms with Crippen LogP contribution in [0.2, 0.25) is 0 Å². The second kappa shape index (κ2) is 8.55. The van der Waals surface area contributed by atoms with E-state index in [0.29, 0.717) is 48.0 Å². The Labute approximate surface area is 207 Å². The Morgan fingerprint density at radius 1 is 1.22 bits per heavy atom. The molecule has 4 aromatic rings. The zero-order valence-electron chi connectivity index (χ0n) is 20.0. The summed E-state index contributed by atoms with van der Waals surface area (Å²) in [7, 11) is 1.90. The molecule has 2 atom stereocenters. The molecule has 8 heteroatoms. The molecule has 0 unspecified atom stereocenters. The first-order valence-corrected chi connectivity index (χ1v) is 11.9. The molecule has 6 rings (SSSR count). The van der Waals surface area contributed by atoms with Gasteiger partial charge >= 0.3 is 5.97 Å². The second-order valence-electron chi connectivity index (χ2n) is 9.44. The third kappa shape index (κ3) is 3.82. The van der Waals surface area contributed by atoms with Crippen LogP contribution in [0.5, 0.6) is 23.0 Å². The lowest BCUT2D eigenvalue weighted by Crippen LogP contribution is -2.07. The van der Waals surface area contributed by atoms with Crippen LogP contribution in [0.4, 0.5) is 4.39 Å². The number of nitrogens with zero attached hydrogens (tertiary/aromatic N) is 2. The summed E-state index contributed by atoms with van der Waals surface area (Å²) < 4.78 is 35.0. The van der Waals surface area contributed by atoms with Gasteiger partial charge in [-0.1, -0.05) is 6.07 Å². The van der Waals surface area contributed by atoms with Crippen molar-refractivity contribution in [3.63, 3.8) is 0 Å². The average Bonchev–Trinajstić information content (AvgIpc) is 3.54. The van der Waals surface area contributed by atoms with Crippen LogP contribution < -0.4 is 14.2 Å². The summed E-state index contributed by atoms with van der Waals surface area (Å²) >= 11 is 0. The van der Waals surface area contributed by atoms with E-state index >= 15 is 4.39 Å². The summed E-state index contributed by atoms with van der Waals surface area (Å²) in [5.41, 5.74) is 4.17. The molecule has 0 spiro atoms. The lowest BCUT2D eigenvalue weighted by atomic mass is 9.98. The van der Waals surface area contributed by atoms with Gasteiger partial charge in [-0.25, -0.2) is 4.39 Å². The highest BCUT2D eigenvalue weighted by molar-refractivity contribution is 5.81. The average molecular weight is 489 g/mol. The Kier molecular flexibility index (Phi) is 5.32. The van der Waals surface area contributed by atoms with E-state index in [2.05, 4.69) is 5.10 Å². The van der Waals surface area contributed by atoms with Crippen molar-refractivity contribution in [1.82, 2.24) is 9.78 Å². The molecular weight excluding hydrogens is 463 g/mol. The lowest BCUT2D eigenvalue weighted by Gasteiger charge is -2.18. The molecule has 2 aliphatic rings. The van der Waals surface area contributed by atoms with Crippen LogP contribution in [0.25, 0.3) is 10.9 Å². The molecule has 2 heterocycles. The standard InChI is InChI=1S/C28H25FN2O5/c1-15-9-22-16(13-30-31(22)2)10-25(15)36-23-8-6-21(29)28-20(23)5-7-24(28)35-18-3-4-19-17(11-27(32)33)14-34-26(19)12-18/h3-4,6,8-10,12-13,17,24H,5,7,11,14H2,1-2H3,(H,32,33)/t17-,24-/m1/s1. The second-order valence-corrected chi connectivity index (χ2v) is 9.44. The fourth-order valence-corrected chi connectivity index (χ4v) is 5.24. The molecular formula is C28H25FN2O5. The number of carboxylic acids is 1. The van der Waals surface area contributed by atoms with Crippen molar-refractivity contribution >= 4 is 16.9 Å². The first kappa shape index (κ1) is 22.4. The SMILES string of the molecule is Cc1cc2c(cnn2C)cc1Oc1ccc(F)c2c1CC[C@H]2Oc1ccc2c(c1)OC[C@H]2CC(=O)O. The summed E-state index contributed by atoms with van der Waals surface area (Å²) in [6.45, 7) is 2.31. The van der Waals surface area contributed by atoms with Crippen LogP contribution in [-0.2, 0) is 18.3 Å². The first-order valence-electron chi connectivity index (χ1n) is 11.9. The molecule has 0 bridgehead atoms. The fourth-order valence-electron chi connectivity index (χ4n) is 5.24. The highest BCUT2D eigenvalue weighted by Crippen LogP contribution is 2.44.